The van der Waals surface area contributed by atoms with Crippen molar-refractivity contribution in [3.05, 3.63) is 0 Å². The van der Waals surface area contributed by atoms with Gasteiger partial charge in [0, 0.05) is 13.0 Å². The molecule has 5 heteroatoms. The highest BCUT2D eigenvalue weighted by atomic mass is 19.4. The smallest absolute Gasteiger partial charge is 0.328 e. The summed E-state index contributed by atoms with van der Waals surface area (Å²) in [5.41, 5.74) is -1.86. The zero-order valence-corrected chi connectivity index (χ0v) is 10.2. The van der Waals surface area contributed by atoms with E-state index in [0.29, 0.717) is 6.42 Å². The van der Waals surface area contributed by atoms with Gasteiger partial charge in [-0.05, 0) is 31.1 Å². The highest BCUT2D eigenvalue weighted by molar-refractivity contribution is 5.79. The fourth-order valence-corrected chi connectivity index (χ4v) is 3.18. The Bertz CT molecular complexity index is 326. The highest BCUT2D eigenvalue weighted by Gasteiger charge is 2.64. The van der Waals surface area contributed by atoms with Crippen molar-refractivity contribution in [1.82, 2.24) is 4.90 Å². The molecular formula is C12H18F3NO. The number of rotatable bonds is 1. The molecule has 0 spiro atoms. The molecule has 2 saturated heterocycles. The van der Waals surface area contributed by atoms with Crippen LogP contribution in [0.2, 0.25) is 0 Å². The molecule has 1 amide bonds. The van der Waals surface area contributed by atoms with Crippen LogP contribution in [0.5, 0.6) is 0 Å². The number of halogens is 3. The van der Waals surface area contributed by atoms with Crippen molar-refractivity contribution in [2.24, 2.45) is 11.8 Å². The molecule has 2 fully saturated rings. The summed E-state index contributed by atoms with van der Waals surface area (Å²) in [6.07, 6.45) is -3.40. The molecule has 0 radical (unpaired) electrons. The molecule has 0 N–H and O–H groups in total. The fourth-order valence-electron chi connectivity index (χ4n) is 3.18. The van der Waals surface area contributed by atoms with Crippen molar-refractivity contribution in [2.45, 2.75) is 51.2 Å². The number of nitrogens with zero attached hydrogens (tertiary/aromatic N) is 1. The Kier molecular flexibility index (Phi) is 2.91. The maximum Gasteiger partial charge on any atom is 0.411 e. The van der Waals surface area contributed by atoms with E-state index in [1.165, 1.54) is 0 Å². The minimum atomic E-state index is -4.30. The van der Waals surface area contributed by atoms with Gasteiger partial charge >= 0.3 is 6.18 Å². The summed E-state index contributed by atoms with van der Waals surface area (Å²) < 4.78 is 39.9. The van der Waals surface area contributed by atoms with Gasteiger partial charge in [0.1, 0.15) is 5.54 Å². The monoisotopic (exact) mass is 249 g/mol. The second-order valence-electron chi connectivity index (χ2n) is 5.59. The molecule has 17 heavy (non-hydrogen) atoms. The second-order valence-corrected chi connectivity index (χ2v) is 5.59. The Labute approximate surface area is 99.2 Å². The molecule has 0 bridgehead atoms. The average molecular weight is 249 g/mol. The van der Waals surface area contributed by atoms with Crippen LogP contribution in [-0.4, -0.2) is 29.1 Å². The molecular weight excluding hydrogens is 231 g/mol. The van der Waals surface area contributed by atoms with E-state index in [0.717, 1.165) is 4.90 Å². The van der Waals surface area contributed by atoms with Crippen molar-refractivity contribution in [2.75, 3.05) is 6.54 Å². The normalized spacial score (nSPS) is 34.4. The maximum absolute atomic E-state index is 13.3. The SMILES string of the molecule is CC(C)[C@H]1CC(=O)N2CCC[C@]2(C(F)(F)F)C1. The average Bonchev–Trinajstić information content (AvgIpc) is 2.61. The van der Waals surface area contributed by atoms with Crippen LogP contribution in [0.25, 0.3) is 0 Å². The molecule has 2 nitrogen and oxygen atoms in total. The van der Waals surface area contributed by atoms with Gasteiger partial charge in [-0.1, -0.05) is 13.8 Å². The molecule has 2 heterocycles. The van der Waals surface area contributed by atoms with Crippen molar-refractivity contribution >= 4 is 5.91 Å². The molecule has 0 aliphatic carbocycles. The van der Waals surface area contributed by atoms with E-state index in [1.54, 1.807) is 0 Å². The van der Waals surface area contributed by atoms with Gasteiger partial charge in [0.05, 0.1) is 0 Å². The minimum Gasteiger partial charge on any atom is -0.328 e. The van der Waals surface area contributed by atoms with Crippen molar-refractivity contribution < 1.29 is 18.0 Å². The van der Waals surface area contributed by atoms with E-state index >= 15 is 0 Å². The Hall–Kier alpha value is -0.740. The summed E-state index contributed by atoms with van der Waals surface area (Å²) >= 11 is 0. The Morgan fingerprint density at radius 3 is 2.59 bits per heavy atom. The third-order valence-corrected chi connectivity index (χ3v) is 4.30. The molecule has 0 aromatic rings. The van der Waals surface area contributed by atoms with Crippen LogP contribution in [0.15, 0.2) is 0 Å². The van der Waals surface area contributed by atoms with E-state index in [2.05, 4.69) is 0 Å². The molecule has 0 unspecified atom stereocenters. The molecule has 2 aliphatic rings. The lowest BCUT2D eigenvalue weighted by Crippen LogP contribution is -2.61. The Balaban J connectivity index is 2.35. The summed E-state index contributed by atoms with van der Waals surface area (Å²) in [4.78, 5) is 13.0. The van der Waals surface area contributed by atoms with E-state index in [-0.39, 0.29) is 43.6 Å². The van der Waals surface area contributed by atoms with E-state index < -0.39 is 11.7 Å². The van der Waals surface area contributed by atoms with Gasteiger partial charge in [-0.15, -0.1) is 0 Å². The van der Waals surface area contributed by atoms with Crippen molar-refractivity contribution in [3.63, 3.8) is 0 Å². The zero-order chi connectivity index (χ0) is 12.8. The fraction of sp³-hybridized carbons (Fsp3) is 0.917. The van der Waals surface area contributed by atoms with E-state index in [4.69, 9.17) is 0 Å². The lowest BCUT2D eigenvalue weighted by Gasteiger charge is -2.47. The van der Waals surface area contributed by atoms with Crippen molar-refractivity contribution in [1.29, 1.82) is 0 Å². The second kappa shape index (κ2) is 3.89. The summed E-state index contributed by atoms with van der Waals surface area (Å²) in [6, 6.07) is 0. The Morgan fingerprint density at radius 1 is 1.41 bits per heavy atom. The third-order valence-electron chi connectivity index (χ3n) is 4.30. The number of carbonyl (C=O) groups excluding carboxylic acids is 1. The van der Waals surface area contributed by atoms with Crippen LogP contribution in [0.1, 0.15) is 39.5 Å². The molecule has 0 aromatic carbocycles. The molecule has 0 saturated carbocycles. The number of amides is 1. The lowest BCUT2D eigenvalue weighted by molar-refractivity contribution is -0.236. The standard InChI is InChI=1S/C12H18F3NO/c1-8(2)9-6-10(17)16-5-3-4-11(16,7-9)12(13,14)15/h8-9H,3-7H2,1-2H3/t9-,11+/m0/s1. The van der Waals surface area contributed by atoms with Gasteiger partial charge in [-0.3, -0.25) is 4.79 Å². The van der Waals surface area contributed by atoms with Crippen LogP contribution in [-0.2, 0) is 4.79 Å². The first kappa shape index (κ1) is 12.7. The van der Waals surface area contributed by atoms with Gasteiger partial charge in [-0.25, -0.2) is 0 Å². The summed E-state index contributed by atoms with van der Waals surface area (Å²) in [5.74, 6) is -0.329. The summed E-state index contributed by atoms with van der Waals surface area (Å²) in [6.45, 7) is 4.06. The van der Waals surface area contributed by atoms with Crippen LogP contribution < -0.4 is 0 Å². The topological polar surface area (TPSA) is 20.3 Å². The quantitative estimate of drug-likeness (QED) is 0.699. The van der Waals surface area contributed by atoms with Crippen molar-refractivity contribution in [3.8, 4) is 0 Å². The molecule has 2 aliphatic heterocycles. The first-order valence-electron chi connectivity index (χ1n) is 6.15. The molecule has 2 atom stereocenters. The number of hydrogen-bond acceptors (Lipinski definition) is 1. The largest absolute Gasteiger partial charge is 0.411 e. The molecule has 98 valence electrons. The van der Waals surface area contributed by atoms with Crippen LogP contribution in [0, 0.1) is 11.8 Å². The predicted octanol–water partition coefficient (Wildman–Crippen LogP) is 2.98. The van der Waals surface area contributed by atoms with Gasteiger partial charge in [0.25, 0.3) is 0 Å². The van der Waals surface area contributed by atoms with Gasteiger partial charge < -0.3 is 4.90 Å². The summed E-state index contributed by atoms with van der Waals surface area (Å²) in [5, 5.41) is 0. The maximum atomic E-state index is 13.3. The molecule has 2 rings (SSSR count). The first-order valence-corrected chi connectivity index (χ1v) is 6.15. The number of fused-ring (bicyclic) bond motifs is 1. The van der Waals surface area contributed by atoms with Gasteiger partial charge in [-0.2, -0.15) is 13.2 Å². The molecule has 0 aromatic heterocycles. The number of carbonyl (C=O) groups is 1. The predicted molar refractivity (Wildman–Crippen MR) is 57.3 cm³/mol. The minimum absolute atomic E-state index is 0.0749. The van der Waals surface area contributed by atoms with Gasteiger partial charge in [0.15, 0.2) is 0 Å². The number of hydrogen-bond donors (Lipinski definition) is 0. The van der Waals surface area contributed by atoms with E-state index in [1.807, 2.05) is 13.8 Å². The lowest BCUT2D eigenvalue weighted by atomic mass is 9.75. The van der Waals surface area contributed by atoms with Crippen LogP contribution >= 0.6 is 0 Å². The Morgan fingerprint density at radius 2 is 2.06 bits per heavy atom. The summed E-state index contributed by atoms with van der Waals surface area (Å²) in [7, 11) is 0. The van der Waals surface area contributed by atoms with Crippen LogP contribution in [0.4, 0.5) is 13.2 Å². The number of alkyl halides is 3. The first-order chi connectivity index (χ1) is 7.78. The van der Waals surface area contributed by atoms with E-state index in [9.17, 15) is 18.0 Å². The third kappa shape index (κ3) is 1.83. The highest BCUT2D eigenvalue weighted by Crippen LogP contribution is 2.51. The number of piperidine rings is 1. The van der Waals surface area contributed by atoms with Crippen LogP contribution in [0.3, 0.4) is 0 Å². The van der Waals surface area contributed by atoms with Gasteiger partial charge in [0.2, 0.25) is 5.91 Å². The zero-order valence-electron chi connectivity index (χ0n) is 10.2.